The van der Waals surface area contributed by atoms with E-state index in [4.69, 9.17) is 10.5 Å². The maximum Gasteiger partial charge on any atom is 0.176 e. The Morgan fingerprint density at radius 3 is 2.39 bits per heavy atom. The van der Waals surface area contributed by atoms with Gasteiger partial charge < -0.3 is 10.5 Å². The van der Waals surface area contributed by atoms with Crippen molar-refractivity contribution in [2.24, 2.45) is 5.73 Å². The summed E-state index contributed by atoms with van der Waals surface area (Å²) in [6.45, 7) is 0. The van der Waals surface area contributed by atoms with Gasteiger partial charge in [0.05, 0.1) is 12.0 Å². The summed E-state index contributed by atoms with van der Waals surface area (Å²) >= 11 is 0. The van der Waals surface area contributed by atoms with Gasteiger partial charge in [0.15, 0.2) is 9.84 Å². The zero-order chi connectivity index (χ0) is 13.4. The smallest absolute Gasteiger partial charge is 0.176 e. The lowest BCUT2D eigenvalue weighted by molar-refractivity contribution is 0.373. The average molecular weight is 269 g/mol. The molecule has 0 saturated heterocycles. The molecule has 0 heterocycles. The Hall–Kier alpha value is -1.07. The van der Waals surface area contributed by atoms with Gasteiger partial charge >= 0.3 is 0 Å². The van der Waals surface area contributed by atoms with E-state index in [1.165, 1.54) is 6.26 Å². The second kappa shape index (κ2) is 4.55. The van der Waals surface area contributed by atoms with Crippen molar-refractivity contribution in [3.63, 3.8) is 0 Å². The maximum atomic E-state index is 11.9. The predicted molar refractivity (Wildman–Crippen MR) is 70.4 cm³/mol. The van der Waals surface area contributed by atoms with Gasteiger partial charge in [-0.05, 0) is 25.0 Å². The largest absolute Gasteiger partial charge is 0.496 e. The third kappa shape index (κ3) is 2.24. The van der Waals surface area contributed by atoms with Crippen LogP contribution in [0.25, 0.3) is 0 Å². The molecule has 0 aromatic heterocycles. The van der Waals surface area contributed by atoms with Crippen molar-refractivity contribution in [1.29, 1.82) is 0 Å². The van der Waals surface area contributed by atoms with Gasteiger partial charge in [0, 0.05) is 17.4 Å². The first-order valence-electron chi connectivity index (χ1n) is 6.05. The van der Waals surface area contributed by atoms with Crippen LogP contribution in [0.1, 0.15) is 31.2 Å². The molecule has 1 fully saturated rings. The molecule has 0 spiro atoms. The number of sulfone groups is 1. The molecule has 1 aromatic rings. The minimum absolute atomic E-state index is 0.297. The molecule has 0 radical (unpaired) electrons. The fraction of sp³-hybridized carbons (Fsp3) is 0.538. The van der Waals surface area contributed by atoms with Crippen LogP contribution in [0.2, 0.25) is 0 Å². The Balaban J connectivity index is 2.69. The predicted octanol–water partition coefficient (Wildman–Crippen LogP) is 1.83. The van der Waals surface area contributed by atoms with Gasteiger partial charge in [-0.1, -0.05) is 18.9 Å². The summed E-state index contributed by atoms with van der Waals surface area (Å²) in [4.78, 5) is 0.297. The summed E-state index contributed by atoms with van der Waals surface area (Å²) in [7, 11) is -1.76. The number of methoxy groups -OCH3 is 1. The molecular formula is C13H19NO3S. The molecule has 2 rings (SSSR count). The third-order valence-electron chi connectivity index (χ3n) is 3.60. The Morgan fingerprint density at radius 2 is 1.89 bits per heavy atom. The quantitative estimate of drug-likeness (QED) is 0.909. The Bertz CT molecular complexity index is 545. The second-order valence-corrected chi connectivity index (χ2v) is 6.95. The monoisotopic (exact) mass is 269 g/mol. The molecule has 1 aliphatic carbocycles. The Morgan fingerprint density at radius 1 is 1.28 bits per heavy atom. The molecule has 0 amide bonds. The van der Waals surface area contributed by atoms with Crippen molar-refractivity contribution in [3.8, 4) is 5.75 Å². The lowest BCUT2D eigenvalue weighted by Gasteiger charge is -2.28. The molecule has 5 heteroatoms. The molecule has 100 valence electrons. The van der Waals surface area contributed by atoms with E-state index in [0.29, 0.717) is 16.2 Å². The maximum absolute atomic E-state index is 11.9. The molecule has 0 bridgehead atoms. The highest BCUT2D eigenvalue weighted by molar-refractivity contribution is 7.90. The number of nitrogens with two attached hydrogens (primary N) is 1. The van der Waals surface area contributed by atoms with Crippen LogP contribution in [-0.2, 0) is 15.4 Å². The van der Waals surface area contributed by atoms with E-state index >= 15 is 0 Å². The van der Waals surface area contributed by atoms with Crippen molar-refractivity contribution in [2.75, 3.05) is 13.4 Å². The van der Waals surface area contributed by atoms with Gasteiger partial charge in [0.2, 0.25) is 0 Å². The number of rotatable bonds is 3. The van der Waals surface area contributed by atoms with Gasteiger partial charge in [-0.3, -0.25) is 0 Å². The average Bonchev–Trinajstić information content (AvgIpc) is 2.75. The van der Waals surface area contributed by atoms with Crippen LogP contribution >= 0.6 is 0 Å². The molecule has 1 saturated carbocycles. The molecule has 1 aliphatic rings. The molecule has 4 nitrogen and oxygen atoms in total. The zero-order valence-electron chi connectivity index (χ0n) is 10.8. The second-order valence-electron chi connectivity index (χ2n) is 4.97. The van der Waals surface area contributed by atoms with E-state index in [2.05, 4.69) is 0 Å². The summed E-state index contributed by atoms with van der Waals surface area (Å²) in [5.41, 5.74) is 6.48. The molecule has 0 unspecified atom stereocenters. The fourth-order valence-corrected chi connectivity index (χ4v) is 3.74. The molecule has 2 N–H and O–H groups in total. The fourth-order valence-electron chi connectivity index (χ4n) is 2.74. The van der Waals surface area contributed by atoms with E-state index < -0.39 is 15.4 Å². The summed E-state index contributed by atoms with van der Waals surface area (Å²) in [6, 6.07) is 5.08. The summed E-state index contributed by atoms with van der Waals surface area (Å²) in [6.07, 6.45) is 4.87. The van der Waals surface area contributed by atoms with Gasteiger partial charge in [-0.15, -0.1) is 0 Å². The molecular weight excluding hydrogens is 250 g/mol. The molecule has 0 aliphatic heterocycles. The van der Waals surface area contributed by atoms with Crippen LogP contribution in [0, 0.1) is 0 Å². The van der Waals surface area contributed by atoms with Crippen LogP contribution in [0.5, 0.6) is 5.75 Å². The van der Waals surface area contributed by atoms with Gasteiger partial charge in [-0.25, -0.2) is 8.42 Å². The summed E-state index contributed by atoms with van der Waals surface area (Å²) < 4.78 is 29.1. The normalized spacial score (nSPS) is 18.8. The SMILES string of the molecule is COc1cccc(S(C)(=O)=O)c1C1(N)CCCC1. The van der Waals surface area contributed by atoms with Crippen molar-refractivity contribution in [2.45, 2.75) is 36.1 Å². The lowest BCUT2D eigenvalue weighted by atomic mass is 9.88. The highest BCUT2D eigenvalue weighted by Gasteiger charge is 2.37. The summed E-state index contributed by atoms with van der Waals surface area (Å²) in [5.74, 6) is 0.572. The first-order chi connectivity index (χ1) is 8.38. The Kier molecular flexibility index (Phi) is 3.38. The number of ether oxygens (including phenoxy) is 1. The molecule has 1 aromatic carbocycles. The minimum Gasteiger partial charge on any atom is -0.496 e. The van der Waals surface area contributed by atoms with Gasteiger partial charge in [0.1, 0.15) is 5.75 Å². The number of benzene rings is 1. The first-order valence-corrected chi connectivity index (χ1v) is 7.94. The van der Waals surface area contributed by atoms with Crippen LogP contribution in [0.4, 0.5) is 0 Å². The van der Waals surface area contributed by atoms with Crippen molar-refractivity contribution in [3.05, 3.63) is 23.8 Å². The van der Waals surface area contributed by atoms with E-state index in [9.17, 15) is 8.42 Å². The van der Waals surface area contributed by atoms with E-state index in [-0.39, 0.29) is 0 Å². The third-order valence-corrected chi connectivity index (χ3v) is 4.74. The highest BCUT2D eigenvalue weighted by Crippen LogP contribution is 2.43. The van der Waals surface area contributed by atoms with E-state index in [1.54, 1.807) is 25.3 Å². The van der Waals surface area contributed by atoms with Gasteiger partial charge in [0.25, 0.3) is 0 Å². The minimum atomic E-state index is -3.30. The van der Waals surface area contributed by atoms with Crippen LogP contribution in [-0.4, -0.2) is 21.8 Å². The standard InChI is InChI=1S/C13H19NO3S/c1-17-10-6-5-7-11(18(2,15)16)12(10)13(14)8-3-4-9-13/h5-7H,3-4,8-9,14H2,1-2H3. The van der Waals surface area contributed by atoms with Crippen molar-refractivity contribution in [1.82, 2.24) is 0 Å². The number of hydrogen-bond acceptors (Lipinski definition) is 4. The lowest BCUT2D eigenvalue weighted by Crippen LogP contribution is -2.35. The van der Waals surface area contributed by atoms with Crippen molar-refractivity contribution >= 4 is 9.84 Å². The van der Waals surface area contributed by atoms with E-state index in [1.807, 2.05) is 0 Å². The highest BCUT2D eigenvalue weighted by atomic mass is 32.2. The first kappa shape index (κ1) is 13.4. The van der Waals surface area contributed by atoms with Crippen LogP contribution in [0.3, 0.4) is 0 Å². The topological polar surface area (TPSA) is 69.4 Å². The molecule has 18 heavy (non-hydrogen) atoms. The van der Waals surface area contributed by atoms with Crippen LogP contribution < -0.4 is 10.5 Å². The van der Waals surface area contributed by atoms with Crippen molar-refractivity contribution < 1.29 is 13.2 Å². The van der Waals surface area contributed by atoms with E-state index in [0.717, 1.165) is 25.7 Å². The Labute approximate surface area is 108 Å². The summed E-state index contributed by atoms with van der Waals surface area (Å²) in [5, 5.41) is 0. The number of hydrogen-bond donors (Lipinski definition) is 1. The van der Waals surface area contributed by atoms with Crippen LogP contribution in [0.15, 0.2) is 23.1 Å². The molecule has 0 atom stereocenters. The zero-order valence-corrected chi connectivity index (χ0v) is 11.6. The van der Waals surface area contributed by atoms with Gasteiger partial charge in [-0.2, -0.15) is 0 Å².